The number of halogens is 3. The molecule has 0 unspecified atom stereocenters. The number of hydrogen-bond acceptors (Lipinski definition) is 3. The molecule has 0 fully saturated rings. The van der Waals surface area contributed by atoms with Crippen molar-refractivity contribution in [3.63, 3.8) is 0 Å². The van der Waals surface area contributed by atoms with Gasteiger partial charge in [0.15, 0.2) is 0 Å². The van der Waals surface area contributed by atoms with Crippen molar-refractivity contribution in [1.82, 2.24) is 4.98 Å². The largest absolute Gasteiger partial charge is 0.494 e. The Morgan fingerprint density at radius 2 is 2.05 bits per heavy atom. The van der Waals surface area contributed by atoms with Gasteiger partial charge >= 0.3 is 0 Å². The topological polar surface area (TPSA) is 51.2 Å². The molecule has 0 atom stereocenters. The summed E-state index contributed by atoms with van der Waals surface area (Å²) < 4.78 is 6.02. The van der Waals surface area contributed by atoms with Gasteiger partial charge in [-0.05, 0) is 47.1 Å². The molecule has 110 valence electrons. The number of benzene rings is 1. The lowest BCUT2D eigenvalue weighted by Gasteiger charge is -2.11. The molecule has 2 rings (SSSR count). The molecule has 0 radical (unpaired) electrons. The maximum absolute atomic E-state index is 12.3. The van der Waals surface area contributed by atoms with E-state index in [-0.39, 0.29) is 16.3 Å². The van der Waals surface area contributed by atoms with Gasteiger partial charge in [0.25, 0.3) is 5.91 Å². The first-order valence-corrected chi connectivity index (χ1v) is 7.44. The summed E-state index contributed by atoms with van der Waals surface area (Å²) in [5, 5.41) is 3.31. The number of aryl methyl sites for hydroxylation is 1. The lowest BCUT2D eigenvalue weighted by Crippen LogP contribution is -2.14. The highest BCUT2D eigenvalue weighted by Gasteiger charge is 2.17. The quantitative estimate of drug-likeness (QED) is 0.826. The van der Waals surface area contributed by atoms with Crippen LogP contribution in [0.4, 0.5) is 5.82 Å². The molecule has 0 aliphatic rings. The molecule has 2 aromatic rings. The Labute approximate surface area is 140 Å². The zero-order valence-corrected chi connectivity index (χ0v) is 14.3. The van der Waals surface area contributed by atoms with Gasteiger partial charge in [0.2, 0.25) is 0 Å². The molecular formula is C14H11BrCl2N2O2. The minimum Gasteiger partial charge on any atom is -0.494 e. The summed E-state index contributed by atoms with van der Waals surface area (Å²) in [6.07, 6.45) is 0. The Morgan fingerprint density at radius 3 is 2.67 bits per heavy atom. The fourth-order valence-electron chi connectivity index (χ4n) is 1.73. The number of hydrogen-bond donors (Lipinski definition) is 1. The van der Waals surface area contributed by atoms with Crippen molar-refractivity contribution < 1.29 is 9.53 Å². The van der Waals surface area contributed by atoms with Crippen molar-refractivity contribution in [2.45, 2.75) is 6.92 Å². The summed E-state index contributed by atoms with van der Waals surface area (Å²) >= 11 is 15.3. The van der Waals surface area contributed by atoms with Crippen LogP contribution in [0.5, 0.6) is 5.75 Å². The molecule has 1 N–H and O–H groups in total. The van der Waals surface area contributed by atoms with Crippen LogP contribution in [0.2, 0.25) is 10.0 Å². The number of methoxy groups -OCH3 is 1. The van der Waals surface area contributed by atoms with Gasteiger partial charge in [0.1, 0.15) is 11.6 Å². The van der Waals surface area contributed by atoms with Crippen molar-refractivity contribution in [3.05, 3.63) is 50.0 Å². The summed E-state index contributed by atoms with van der Waals surface area (Å²) in [4.78, 5) is 16.6. The molecule has 21 heavy (non-hydrogen) atoms. The Morgan fingerprint density at radius 1 is 1.33 bits per heavy atom. The van der Waals surface area contributed by atoms with Gasteiger partial charge in [-0.3, -0.25) is 4.79 Å². The number of anilines is 1. The first-order chi connectivity index (χ1) is 9.92. The lowest BCUT2D eigenvalue weighted by atomic mass is 10.2. The average molecular weight is 390 g/mol. The molecule has 0 bridgehead atoms. The van der Waals surface area contributed by atoms with Crippen LogP contribution in [0.15, 0.2) is 28.7 Å². The standard InChI is InChI=1S/C14H11BrCl2N2O2/c1-7-10(15)3-4-12(18-7)19-14(20)9-5-8(16)6-11(17)13(9)21-2/h3-6H,1-2H3,(H,18,19,20). The van der Waals surface area contributed by atoms with Crippen LogP contribution in [0.25, 0.3) is 0 Å². The van der Waals surface area contributed by atoms with E-state index < -0.39 is 5.91 Å². The molecule has 1 aromatic carbocycles. The Balaban J connectivity index is 2.34. The van der Waals surface area contributed by atoms with E-state index in [1.807, 2.05) is 6.92 Å². The number of carbonyl (C=O) groups is 1. The van der Waals surface area contributed by atoms with Gasteiger partial charge in [-0.25, -0.2) is 4.98 Å². The highest BCUT2D eigenvalue weighted by Crippen LogP contribution is 2.32. The number of nitrogens with zero attached hydrogens (tertiary/aromatic N) is 1. The summed E-state index contributed by atoms with van der Waals surface area (Å²) in [7, 11) is 1.44. The van der Waals surface area contributed by atoms with Crippen molar-refractivity contribution in [2.24, 2.45) is 0 Å². The zero-order valence-electron chi connectivity index (χ0n) is 11.2. The predicted molar refractivity (Wildman–Crippen MR) is 87.6 cm³/mol. The number of rotatable bonds is 3. The van der Waals surface area contributed by atoms with E-state index in [0.717, 1.165) is 10.2 Å². The average Bonchev–Trinajstić information content (AvgIpc) is 2.42. The maximum atomic E-state index is 12.3. The fraction of sp³-hybridized carbons (Fsp3) is 0.143. The van der Waals surface area contributed by atoms with E-state index >= 15 is 0 Å². The number of amides is 1. The van der Waals surface area contributed by atoms with Crippen LogP contribution in [0.3, 0.4) is 0 Å². The van der Waals surface area contributed by atoms with Crippen LogP contribution in [0.1, 0.15) is 16.1 Å². The van der Waals surface area contributed by atoms with E-state index in [0.29, 0.717) is 10.8 Å². The number of nitrogens with one attached hydrogen (secondary N) is 1. The van der Waals surface area contributed by atoms with Crippen molar-refractivity contribution in [2.75, 3.05) is 12.4 Å². The third-order valence-corrected chi connectivity index (χ3v) is 4.06. The van der Waals surface area contributed by atoms with Crippen molar-refractivity contribution >= 4 is 50.9 Å². The molecule has 0 aliphatic heterocycles. The van der Waals surface area contributed by atoms with Gasteiger partial charge in [0.05, 0.1) is 23.4 Å². The second kappa shape index (κ2) is 6.64. The summed E-state index contributed by atoms with van der Waals surface area (Å²) in [6.45, 7) is 1.83. The van der Waals surface area contributed by atoms with E-state index in [4.69, 9.17) is 27.9 Å². The second-order valence-electron chi connectivity index (χ2n) is 4.19. The maximum Gasteiger partial charge on any atom is 0.260 e. The molecule has 0 aliphatic carbocycles. The molecule has 7 heteroatoms. The molecule has 1 heterocycles. The summed E-state index contributed by atoms with van der Waals surface area (Å²) in [5.74, 6) is 0.303. The Bertz CT molecular complexity index is 708. The first kappa shape index (κ1) is 16.1. The van der Waals surface area contributed by atoms with Crippen LogP contribution < -0.4 is 10.1 Å². The van der Waals surface area contributed by atoms with Gasteiger partial charge in [-0.2, -0.15) is 0 Å². The van der Waals surface area contributed by atoms with Gasteiger partial charge in [-0.15, -0.1) is 0 Å². The van der Waals surface area contributed by atoms with Gasteiger partial charge in [-0.1, -0.05) is 23.2 Å². The van der Waals surface area contributed by atoms with Gasteiger partial charge < -0.3 is 10.1 Å². The molecular weight excluding hydrogens is 379 g/mol. The van der Waals surface area contributed by atoms with E-state index in [9.17, 15) is 4.79 Å². The SMILES string of the molecule is COc1c(Cl)cc(Cl)cc1C(=O)Nc1ccc(Br)c(C)n1. The Kier molecular flexibility index (Phi) is 5.08. The van der Waals surface area contributed by atoms with Crippen LogP contribution in [-0.4, -0.2) is 18.0 Å². The number of pyridine rings is 1. The van der Waals surface area contributed by atoms with E-state index in [2.05, 4.69) is 26.2 Å². The molecule has 0 saturated heterocycles. The molecule has 1 amide bonds. The summed E-state index contributed by atoms with van der Waals surface area (Å²) in [5.41, 5.74) is 1.02. The van der Waals surface area contributed by atoms with Crippen molar-refractivity contribution in [1.29, 1.82) is 0 Å². The normalized spacial score (nSPS) is 10.3. The fourth-order valence-corrected chi connectivity index (χ4v) is 2.53. The first-order valence-electron chi connectivity index (χ1n) is 5.90. The minimum atomic E-state index is -0.398. The number of aromatic nitrogens is 1. The van der Waals surface area contributed by atoms with Crippen LogP contribution in [-0.2, 0) is 0 Å². The Hall–Kier alpha value is -1.30. The monoisotopic (exact) mass is 388 g/mol. The molecule has 0 spiro atoms. The minimum absolute atomic E-state index is 0.248. The molecule has 4 nitrogen and oxygen atoms in total. The van der Waals surface area contributed by atoms with Crippen LogP contribution in [0, 0.1) is 6.92 Å². The van der Waals surface area contributed by atoms with Gasteiger partial charge in [0, 0.05) is 9.50 Å². The van der Waals surface area contributed by atoms with E-state index in [1.165, 1.54) is 19.2 Å². The lowest BCUT2D eigenvalue weighted by molar-refractivity contribution is 0.102. The van der Waals surface area contributed by atoms with Crippen molar-refractivity contribution in [3.8, 4) is 5.75 Å². The molecule has 0 saturated carbocycles. The van der Waals surface area contributed by atoms with E-state index in [1.54, 1.807) is 12.1 Å². The predicted octanol–water partition coefficient (Wildman–Crippen LogP) is 4.72. The number of carbonyl (C=O) groups excluding carboxylic acids is 1. The second-order valence-corrected chi connectivity index (χ2v) is 5.88. The van der Waals surface area contributed by atoms with Crippen LogP contribution >= 0.6 is 39.1 Å². The zero-order chi connectivity index (χ0) is 15.6. The highest BCUT2D eigenvalue weighted by molar-refractivity contribution is 9.10. The third-order valence-electron chi connectivity index (χ3n) is 2.72. The summed E-state index contributed by atoms with van der Waals surface area (Å²) in [6, 6.07) is 6.50. The third kappa shape index (κ3) is 3.67. The number of ether oxygens (including phenoxy) is 1. The highest BCUT2D eigenvalue weighted by atomic mass is 79.9. The molecule has 1 aromatic heterocycles. The smallest absolute Gasteiger partial charge is 0.260 e.